The van der Waals surface area contributed by atoms with Gasteiger partial charge in [-0.15, -0.1) is 0 Å². The fraction of sp³-hybridized carbons (Fsp3) is 0.696. The predicted molar refractivity (Wildman–Crippen MR) is 233 cm³/mol. The number of carbonyl (C=O) groups excluding carboxylic acids is 2. The Balaban J connectivity index is 2.49. The number of phosphoric ester groups is 1. The highest BCUT2D eigenvalue weighted by atomic mass is 31.2. The number of aliphatic hydroxyl groups is 2. The van der Waals surface area contributed by atoms with Gasteiger partial charge in [0.25, 0.3) is 7.82 Å². The van der Waals surface area contributed by atoms with Gasteiger partial charge in [-0.1, -0.05) is 101 Å². The maximum absolute atomic E-state index is 12.7. The quantitative estimate of drug-likeness (QED) is 0.0167. The smallest absolute Gasteiger partial charge is 0.306 e. The minimum atomic E-state index is -4.70. The molecule has 0 saturated carbocycles. The van der Waals surface area contributed by atoms with Crippen LogP contribution in [0.15, 0.2) is 53.0 Å². The fourth-order valence-corrected chi connectivity index (χ4v) is 6.68. The summed E-state index contributed by atoms with van der Waals surface area (Å²) in [6.07, 6.45) is 26.4. The van der Waals surface area contributed by atoms with Crippen LogP contribution in [0.25, 0.3) is 0 Å². The summed E-state index contributed by atoms with van der Waals surface area (Å²) in [7, 11) is 0.992. The number of aryl methyl sites for hydroxylation is 2. The van der Waals surface area contributed by atoms with E-state index in [4.69, 9.17) is 22.9 Å². The third kappa shape index (κ3) is 29.1. The number of nitrogens with zero attached hydrogens (tertiary/aromatic N) is 1. The van der Waals surface area contributed by atoms with Crippen LogP contribution in [-0.4, -0.2) is 92.5 Å². The van der Waals surface area contributed by atoms with Crippen LogP contribution in [0.5, 0.6) is 0 Å². The summed E-state index contributed by atoms with van der Waals surface area (Å²) in [6, 6.07) is 0. The Morgan fingerprint density at radius 3 is 2.03 bits per heavy atom. The minimum absolute atomic E-state index is 0.00477. The van der Waals surface area contributed by atoms with Crippen molar-refractivity contribution in [3.05, 3.63) is 71.3 Å². The van der Waals surface area contributed by atoms with Crippen molar-refractivity contribution in [1.29, 1.82) is 0 Å². The number of aliphatic hydroxyl groups excluding tert-OH is 2. The molecule has 1 rings (SSSR count). The molecule has 1 aromatic rings. The first-order valence-electron chi connectivity index (χ1n) is 21.9. The molecule has 0 aliphatic heterocycles. The Hall–Kier alpha value is -2.83. The van der Waals surface area contributed by atoms with E-state index in [0.29, 0.717) is 36.7 Å². The molecule has 0 saturated heterocycles. The first-order chi connectivity index (χ1) is 28.1. The van der Waals surface area contributed by atoms with Crippen LogP contribution >= 0.6 is 7.82 Å². The van der Waals surface area contributed by atoms with Gasteiger partial charge < -0.3 is 42.5 Å². The summed E-state index contributed by atoms with van der Waals surface area (Å²) >= 11 is 0. The van der Waals surface area contributed by atoms with E-state index in [0.717, 1.165) is 69.3 Å². The third-order valence-corrected chi connectivity index (χ3v) is 10.7. The van der Waals surface area contributed by atoms with Crippen LogP contribution < -0.4 is 4.89 Å². The summed E-state index contributed by atoms with van der Waals surface area (Å²) in [5.74, 6) is 1.08. The van der Waals surface area contributed by atoms with Crippen LogP contribution in [0.1, 0.15) is 139 Å². The Labute approximate surface area is 355 Å². The summed E-state index contributed by atoms with van der Waals surface area (Å²) in [4.78, 5) is 37.7. The number of ether oxygens (including phenoxy) is 2. The number of hydrogen-bond donors (Lipinski definition) is 2. The molecule has 59 heavy (non-hydrogen) atoms. The van der Waals surface area contributed by atoms with Gasteiger partial charge in [-0.05, 0) is 76.3 Å². The van der Waals surface area contributed by atoms with Crippen molar-refractivity contribution in [3.8, 4) is 0 Å². The SMILES string of the molecule is CCCCC/C=C\C[C@@H](O)/C=C/C=C/C=C\[C@@H](O)CCCC(=O)OC[C@H](COP(=O)([O-])OCC[N+](C)(C)C)OC(=O)CCCCCCCCc1oc(CCC)c(C)c1C. The summed E-state index contributed by atoms with van der Waals surface area (Å²) < 4.78 is 39.8. The molecule has 0 amide bonds. The molecule has 4 atom stereocenters. The number of quaternary nitrogens is 1. The molecular formula is C46H78NO11P. The van der Waals surface area contributed by atoms with E-state index < -0.39 is 44.7 Å². The van der Waals surface area contributed by atoms with Gasteiger partial charge in [0.2, 0.25) is 0 Å². The average molecular weight is 852 g/mol. The number of hydrogen-bond acceptors (Lipinski definition) is 11. The molecular weight excluding hydrogens is 773 g/mol. The second-order valence-electron chi connectivity index (χ2n) is 16.3. The van der Waals surface area contributed by atoms with E-state index in [-0.39, 0.29) is 26.1 Å². The summed E-state index contributed by atoms with van der Waals surface area (Å²) in [6.45, 7) is 7.99. The van der Waals surface area contributed by atoms with Crippen molar-refractivity contribution in [2.75, 3.05) is 47.5 Å². The molecule has 12 nitrogen and oxygen atoms in total. The van der Waals surface area contributed by atoms with Crippen molar-refractivity contribution in [1.82, 2.24) is 0 Å². The fourth-order valence-electron chi connectivity index (χ4n) is 5.95. The molecule has 13 heteroatoms. The number of rotatable bonds is 35. The van der Waals surface area contributed by atoms with E-state index in [1.54, 1.807) is 36.5 Å². The average Bonchev–Trinajstić information content (AvgIpc) is 3.43. The second-order valence-corrected chi connectivity index (χ2v) is 17.8. The molecule has 0 aliphatic carbocycles. The van der Waals surface area contributed by atoms with Crippen molar-refractivity contribution in [2.24, 2.45) is 0 Å². The van der Waals surface area contributed by atoms with E-state index in [1.807, 2.05) is 27.2 Å². The zero-order valence-corrected chi connectivity index (χ0v) is 38.3. The van der Waals surface area contributed by atoms with E-state index in [2.05, 4.69) is 33.8 Å². The standard InChI is InChI=1S/C46H78NO11P/c1-8-10-11-12-15-20-27-40(48)28-21-18-19-22-29-41(49)30-25-33-45(50)54-36-42(37-56-59(52,53)55-35-34-47(5,6)7)57-46(51)32-24-17-14-13-16-23-31-44-39(4)38(3)43(58-44)26-9-2/h15,18-22,28-29,40-42,48-49H,8-14,16-17,23-27,30-37H2,1-7H3/b19-18+,20-15-,28-21+,29-22-/t40-,41-,42-/m1/s1. The lowest BCUT2D eigenvalue weighted by molar-refractivity contribution is -0.870. The Bertz CT molecular complexity index is 1460. The van der Waals surface area contributed by atoms with Crippen molar-refractivity contribution in [3.63, 3.8) is 0 Å². The lowest BCUT2D eigenvalue weighted by Gasteiger charge is -2.28. The zero-order valence-electron chi connectivity index (χ0n) is 37.4. The van der Waals surface area contributed by atoms with Gasteiger partial charge in [0.15, 0.2) is 6.10 Å². The van der Waals surface area contributed by atoms with Crippen LogP contribution in [-0.2, 0) is 45.5 Å². The maximum atomic E-state index is 12.7. The maximum Gasteiger partial charge on any atom is 0.306 e. The molecule has 2 N–H and O–H groups in total. The van der Waals surface area contributed by atoms with Crippen LogP contribution in [0.2, 0.25) is 0 Å². The number of furan rings is 1. The van der Waals surface area contributed by atoms with Gasteiger partial charge >= 0.3 is 11.9 Å². The van der Waals surface area contributed by atoms with E-state index >= 15 is 0 Å². The molecule has 1 unspecified atom stereocenters. The lowest BCUT2D eigenvalue weighted by atomic mass is 10.0. The van der Waals surface area contributed by atoms with Gasteiger partial charge in [-0.3, -0.25) is 14.2 Å². The lowest BCUT2D eigenvalue weighted by Crippen LogP contribution is -2.37. The van der Waals surface area contributed by atoms with Gasteiger partial charge in [0.05, 0.1) is 40.0 Å². The van der Waals surface area contributed by atoms with Gasteiger partial charge in [-0.25, -0.2) is 0 Å². The zero-order chi connectivity index (χ0) is 43.9. The van der Waals surface area contributed by atoms with Crippen molar-refractivity contribution < 1.29 is 56.7 Å². The summed E-state index contributed by atoms with van der Waals surface area (Å²) in [5, 5.41) is 20.3. The predicted octanol–water partition coefficient (Wildman–Crippen LogP) is 8.87. The Kier molecular flexibility index (Phi) is 29.4. The highest BCUT2D eigenvalue weighted by molar-refractivity contribution is 7.45. The van der Waals surface area contributed by atoms with E-state index in [1.165, 1.54) is 30.4 Å². The molecule has 0 spiro atoms. The normalized spacial score (nSPS) is 15.1. The van der Waals surface area contributed by atoms with Gasteiger partial charge in [0.1, 0.15) is 31.3 Å². The Morgan fingerprint density at radius 1 is 0.746 bits per heavy atom. The van der Waals surface area contributed by atoms with E-state index in [9.17, 15) is 29.3 Å². The minimum Gasteiger partial charge on any atom is -0.756 e. The first kappa shape index (κ1) is 54.2. The highest BCUT2D eigenvalue weighted by Crippen LogP contribution is 2.38. The Morgan fingerprint density at radius 2 is 1.37 bits per heavy atom. The molecule has 0 bridgehead atoms. The topological polar surface area (TPSA) is 165 Å². The number of unbranched alkanes of at least 4 members (excludes halogenated alkanes) is 8. The van der Waals surface area contributed by atoms with Crippen molar-refractivity contribution in [2.45, 2.75) is 162 Å². The van der Waals surface area contributed by atoms with Crippen LogP contribution in [0.4, 0.5) is 0 Å². The van der Waals surface area contributed by atoms with Crippen LogP contribution in [0.3, 0.4) is 0 Å². The monoisotopic (exact) mass is 852 g/mol. The summed E-state index contributed by atoms with van der Waals surface area (Å²) in [5.41, 5.74) is 2.53. The highest BCUT2D eigenvalue weighted by Gasteiger charge is 2.22. The molecule has 338 valence electrons. The van der Waals surface area contributed by atoms with Gasteiger partial charge in [0, 0.05) is 25.7 Å². The number of phosphoric acid groups is 1. The molecule has 0 aromatic carbocycles. The number of allylic oxidation sites excluding steroid dienone is 5. The van der Waals surface area contributed by atoms with Crippen molar-refractivity contribution >= 4 is 19.8 Å². The second kappa shape index (κ2) is 32.0. The molecule has 0 aliphatic rings. The number of carbonyl (C=O) groups is 2. The van der Waals surface area contributed by atoms with Gasteiger partial charge in [-0.2, -0.15) is 0 Å². The third-order valence-electron chi connectivity index (χ3n) is 9.71. The number of esters is 2. The molecule has 0 fully saturated rings. The molecule has 1 aromatic heterocycles. The number of likely N-dealkylation sites (N-methyl/N-ethyl adjacent to an activating group) is 1. The largest absolute Gasteiger partial charge is 0.756 e. The first-order valence-corrected chi connectivity index (χ1v) is 23.4. The molecule has 1 heterocycles. The molecule has 0 radical (unpaired) electrons. The van der Waals surface area contributed by atoms with Crippen LogP contribution in [0, 0.1) is 13.8 Å².